The van der Waals surface area contributed by atoms with Crippen LogP contribution in [0.15, 0.2) is 24.5 Å². The molecule has 0 aliphatic rings. The predicted molar refractivity (Wildman–Crippen MR) is 58.3 cm³/mol. The minimum Gasteiger partial charge on any atom is -0.286 e. The molecule has 0 aromatic heterocycles. The topological polar surface area (TPSA) is 17.1 Å². The predicted octanol–water partition coefficient (Wildman–Crippen LogP) is 4.20. The number of hydrogen-bond acceptors (Lipinski definition) is 1. The third-order valence-corrected chi connectivity index (χ3v) is 2.66. The average molecular weight is 290 g/mol. The molecular formula is C13H4F6O. The number of carbonyl (C=O) groups excluding carboxylic acids is 1. The molecule has 0 fully saturated rings. The number of rotatable bonds is 2. The van der Waals surface area contributed by atoms with Gasteiger partial charge in [0.2, 0.25) is 5.78 Å². The second-order valence-corrected chi connectivity index (χ2v) is 3.83. The van der Waals surface area contributed by atoms with Crippen LogP contribution in [0.2, 0.25) is 0 Å². The number of halogens is 6. The van der Waals surface area contributed by atoms with Crippen LogP contribution in [0.3, 0.4) is 0 Å². The SMILES string of the molecule is C=C(F)C(=O)c1ccc(F)c2c(F)c(F)c(F)c(F)c12. The van der Waals surface area contributed by atoms with Crippen LogP contribution in [-0.4, -0.2) is 5.78 Å². The normalized spacial score (nSPS) is 10.9. The first kappa shape index (κ1) is 14.1. The Morgan fingerprint density at radius 3 is 1.85 bits per heavy atom. The van der Waals surface area contributed by atoms with Gasteiger partial charge in [0.05, 0.1) is 5.39 Å². The van der Waals surface area contributed by atoms with Gasteiger partial charge in [0.1, 0.15) is 5.82 Å². The Morgan fingerprint density at radius 2 is 1.35 bits per heavy atom. The molecule has 2 aromatic carbocycles. The maximum absolute atomic E-state index is 13.7. The van der Waals surface area contributed by atoms with E-state index in [0.29, 0.717) is 12.1 Å². The van der Waals surface area contributed by atoms with Crippen molar-refractivity contribution in [2.45, 2.75) is 0 Å². The highest BCUT2D eigenvalue weighted by atomic mass is 19.2. The average Bonchev–Trinajstić information content (AvgIpc) is 2.41. The second-order valence-electron chi connectivity index (χ2n) is 3.83. The monoisotopic (exact) mass is 290 g/mol. The van der Waals surface area contributed by atoms with Crippen LogP contribution in [0, 0.1) is 29.1 Å². The van der Waals surface area contributed by atoms with E-state index in [9.17, 15) is 31.1 Å². The van der Waals surface area contributed by atoms with Crippen molar-refractivity contribution >= 4 is 16.6 Å². The van der Waals surface area contributed by atoms with Gasteiger partial charge in [-0.3, -0.25) is 4.79 Å². The van der Waals surface area contributed by atoms with E-state index in [1.165, 1.54) is 0 Å². The van der Waals surface area contributed by atoms with Crippen LogP contribution < -0.4 is 0 Å². The van der Waals surface area contributed by atoms with Gasteiger partial charge >= 0.3 is 0 Å². The molecule has 0 saturated carbocycles. The van der Waals surface area contributed by atoms with Crippen LogP contribution in [0.1, 0.15) is 10.4 Å². The minimum atomic E-state index is -2.22. The molecule has 0 amide bonds. The Labute approximate surface area is 108 Å². The molecule has 0 bridgehead atoms. The summed E-state index contributed by atoms with van der Waals surface area (Å²) in [4.78, 5) is 11.4. The summed E-state index contributed by atoms with van der Waals surface area (Å²) in [6, 6.07) is 1.14. The maximum atomic E-state index is 13.7. The molecule has 0 spiro atoms. The zero-order valence-electron chi connectivity index (χ0n) is 9.54. The van der Waals surface area contributed by atoms with E-state index in [-0.39, 0.29) is 0 Å². The van der Waals surface area contributed by atoms with Crippen LogP contribution in [0.4, 0.5) is 26.3 Å². The summed E-state index contributed by atoms with van der Waals surface area (Å²) < 4.78 is 79.6. The molecule has 20 heavy (non-hydrogen) atoms. The molecule has 0 saturated heterocycles. The second kappa shape index (κ2) is 4.66. The van der Waals surface area contributed by atoms with Crippen molar-refractivity contribution < 1.29 is 31.1 Å². The highest BCUT2D eigenvalue weighted by molar-refractivity contribution is 6.15. The lowest BCUT2D eigenvalue weighted by atomic mass is 9.99. The number of hydrogen-bond donors (Lipinski definition) is 0. The molecule has 7 heteroatoms. The lowest BCUT2D eigenvalue weighted by Crippen LogP contribution is -2.07. The molecule has 0 heterocycles. The Bertz CT molecular complexity index is 766. The van der Waals surface area contributed by atoms with Crippen LogP contribution in [0.25, 0.3) is 10.8 Å². The van der Waals surface area contributed by atoms with E-state index in [0.717, 1.165) is 0 Å². The van der Waals surface area contributed by atoms with Crippen molar-refractivity contribution in [3.05, 3.63) is 59.2 Å². The molecular weight excluding hydrogens is 286 g/mol. The van der Waals surface area contributed by atoms with Crippen LogP contribution in [-0.2, 0) is 0 Å². The van der Waals surface area contributed by atoms with Crippen molar-refractivity contribution in [2.24, 2.45) is 0 Å². The fourth-order valence-electron chi connectivity index (χ4n) is 1.77. The standard InChI is InChI=1S/C13H4F6O/c1-4(14)13(20)5-2-3-6(15)8-7(5)9(16)11(18)12(19)10(8)17/h2-3H,1H2. The van der Waals surface area contributed by atoms with Gasteiger partial charge in [-0.2, -0.15) is 0 Å². The fourth-order valence-corrected chi connectivity index (χ4v) is 1.77. The molecule has 2 rings (SSSR count). The number of fused-ring (bicyclic) bond motifs is 1. The molecule has 104 valence electrons. The number of Topliss-reactive ketones (excluding diaryl/α,β-unsaturated/α-hetero) is 1. The van der Waals surface area contributed by atoms with Gasteiger partial charge in [-0.25, -0.2) is 26.3 Å². The van der Waals surface area contributed by atoms with Gasteiger partial charge in [0.25, 0.3) is 0 Å². The third kappa shape index (κ3) is 1.86. The number of benzene rings is 2. The van der Waals surface area contributed by atoms with E-state index >= 15 is 0 Å². The number of ketones is 1. The van der Waals surface area contributed by atoms with Crippen molar-refractivity contribution in [3.63, 3.8) is 0 Å². The molecule has 0 aliphatic heterocycles. The summed E-state index contributed by atoms with van der Waals surface area (Å²) in [6.45, 7) is 2.66. The van der Waals surface area contributed by atoms with Gasteiger partial charge in [0.15, 0.2) is 29.1 Å². The Balaban J connectivity index is 3.06. The zero-order chi connectivity index (χ0) is 15.2. The largest absolute Gasteiger partial charge is 0.286 e. The quantitative estimate of drug-likeness (QED) is 0.266. The summed E-state index contributed by atoms with van der Waals surface area (Å²) in [5, 5.41) is -2.45. The van der Waals surface area contributed by atoms with Gasteiger partial charge in [0, 0.05) is 10.9 Å². The molecule has 0 N–H and O–H groups in total. The summed E-state index contributed by atoms with van der Waals surface area (Å²) >= 11 is 0. The van der Waals surface area contributed by atoms with Gasteiger partial charge in [-0.1, -0.05) is 6.58 Å². The van der Waals surface area contributed by atoms with Crippen LogP contribution in [0.5, 0.6) is 0 Å². The molecule has 0 aliphatic carbocycles. The first-order valence-electron chi connectivity index (χ1n) is 5.10. The maximum Gasteiger partial charge on any atom is 0.221 e. The Kier molecular flexibility index (Phi) is 3.29. The van der Waals surface area contributed by atoms with E-state index in [4.69, 9.17) is 0 Å². The Morgan fingerprint density at radius 1 is 0.850 bits per heavy atom. The number of carbonyl (C=O) groups is 1. The first-order valence-corrected chi connectivity index (χ1v) is 5.10. The van der Waals surface area contributed by atoms with Crippen LogP contribution >= 0.6 is 0 Å². The van der Waals surface area contributed by atoms with Gasteiger partial charge in [-0.15, -0.1) is 0 Å². The molecule has 2 aromatic rings. The zero-order valence-corrected chi connectivity index (χ0v) is 9.54. The summed E-state index contributed by atoms with van der Waals surface area (Å²) in [5.74, 6) is -12.9. The third-order valence-electron chi connectivity index (χ3n) is 2.66. The van der Waals surface area contributed by atoms with Gasteiger partial charge < -0.3 is 0 Å². The highest BCUT2D eigenvalue weighted by Crippen LogP contribution is 2.32. The van der Waals surface area contributed by atoms with Crippen molar-refractivity contribution in [1.29, 1.82) is 0 Å². The fraction of sp³-hybridized carbons (Fsp3) is 0. The van der Waals surface area contributed by atoms with Gasteiger partial charge in [-0.05, 0) is 12.1 Å². The Hall–Kier alpha value is -2.31. The molecule has 1 nitrogen and oxygen atoms in total. The molecule has 0 unspecified atom stereocenters. The molecule has 0 radical (unpaired) electrons. The molecule has 0 atom stereocenters. The van der Waals surface area contributed by atoms with E-state index in [1.807, 2.05) is 0 Å². The minimum absolute atomic E-state index is 0.512. The van der Waals surface area contributed by atoms with Crippen molar-refractivity contribution in [2.75, 3.05) is 0 Å². The van der Waals surface area contributed by atoms with E-state index < -0.39 is 57.0 Å². The summed E-state index contributed by atoms with van der Waals surface area (Å²) in [6.07, 6.45) is 0. The highest BCUT2D eigenvalue weighted by Gasteiger charge is 2.27. The lowest BCUT2D eigenvalue weighted by Gasteiger charge is -2.09. The van der Waals surface area contributed by atoms with Crippen molar-refractivity contribution in [3.8, 4) is 0 Å². The first-order chi connectivity index (χ1) is 9.27. The lowest BCUT2D eigenvalue weighted by molar-refractivity contribution is 0.101. The summed E-state index contributed by atoms with van der Waals surface area (Å²) in [7, 11) is 0. The van der Waals surface area contributed by atoms with Crippen molar-refractivity contribution in [1.82, 2.24) is 0 Å². The van der Waals surface area contributed by atoms with E-state index in [2.05, 4.69) is 6.58 Å². The number of allylic oxidation sites excluding steroid dienone is 1. The van der Waals surface area contributed by atoms with E-state index in [1.54, 1.807) is 0 Å². The smallest absolute Gasteiger partial charge is 0.221 e. The summed E-state index contributed by atoms with van der Waals surface area (Å²) in [5.41, 5.74) is -0.857.